The van der Waals surface area contributed by atoms with Gasteiger partial charge in [0.05, 0.1) is 40.6 Å². The van der Waals surface area contributed by atoms with Crippen molar-refractivity contribution in [3.63, 3.8) is 0 Å². The summed E-state index contributed by atoms with van der Waals surface area (Å²) < 4.78 is 3.45. The molecule has 0 spiro atoms. The number of H-pyrrole nitrogens is 1. The maximum Gasteiger partial charge on any atom is 0.278 e. The number of fused-ring (bicyclic) bond motifs is 2. The van der Waals surface area contributed by atoms with Crippen molar-refractivity contribution in [2.75, 3.05) is 0 Å². The Kier molecular flexibility index (Phi) is 4.77. The summed E-state index contributed by atoms with van der Waals surface area (Å²) in [6, 6.07) is 6.04. The molecule has 0 bridgehead atoms. The zero-order chi connectivity index (χ0) is 21.7. The summed E-state index contributed by atoms with van der Waals surface area (Å²) in [6.07, 6.45) is 1.14. The molecule has 0 saturated carbocycles. The van der Waals surface area contributed by atoms with Crippen LogP contribution < -0.4 is 5.56 Å². The summed E-state index contributed by atoms with van der Waals surface area (Å²) in [4.78, 5) is 33.4. The van der Waals surface area contributed by atoms with Crippen LogP contribution in [0.25, 0.3) is 16.2 Å². The molecule has 0 unspecified atom stereocenters. The fraction of sp³-hybridized carbons (Fsp3) is 0.364. The minimum Gasteiger partial charge on any atom is -0.332 e. The van der Waals surface area contributed by atoms with Crippen molar-refractivity contribution in [3.05, 3.63) is 62.1 Å². The normalized spacial score (nSPS) is 13.3. The number of aromatic nitrogens is 5. The largest absolute Gasteiger partial charge is 0.332 e. The van der Waals surface area contributed by atoms with E-state index in [1.54, 1.807) is 16.2 Å². The topological polar surface area (TPSA) is 88.3 Å². The molecule has 8 nitrogen and oxygen atoms in total. The van der Waals surface area contributed by atoms with Crippen LogP contribution in [-0.2, 0) is 24.4 Å². The predicted octanol–water partition coefficient (Wildman–Crippen LogP) is 3.20. The fourth-order valence-electron chi connectivity index (χ4n) is 4.26. The molecule has 1 N–H and O–H groups in total. The molecular weight excluding hydrogens is 412 g/mol. The third-order valence-corrected chi connectivity index (χ3v) is 6.76. The van der Waals surface area contributed by atoms with Crippen LogP contribution in [0.5, 0.6) is 0 Å². The van der Waals surface area contributed by atoms with E-state index < -0.39 is 0 Å². The summed E-state index contributed by atoms with van der Waals surface area (Å²) in [7, 11) is 0. The van der Waals surface area contributed by atoms with Crippen molar-refractivity contribution >= 4 is 22.9 Å². The number of aryl methyl sites for hydroxylation is 4. The number of nitrogens with zero attached hydrogens (tertiary/aromatic N) is 5. The van der Waals surface area contributed by atoms with Crippen LogP contribution in [-0.4, -0.2) is 35.2 Å². The number of rotatable bonds is 5. The number of hydrogen-bond donors (Lipinski definition) is 1. The second kappa shape index (κ2) is 7.49. The smallest absolute Gasteiger partial charge is 0.278 e. The molecule has 9 heteroatoms. The van der Waals surface area contributed by atoms with E-state index in [0.717, 1.165) is 27.5 Å². The Hall–Kier alpha value is -3.20. The van der Waals surface area contributed by atoms with Gasteiger partial charge in [0, 0.05) is 24.2 Å². The molecule has 1 amide bonds. The van der Waals surface area contributed by atoms with Gasteiger partial charge in [-0.2, -0.15) is 5.10 Å². The van der Waals surface area contributed by atoms with Crippen molar-refractivity contribution in [1.82, 2.24) is 29.3 Å². The first-order chi connectivity index (χ1) is 14.9. The second-order valence-corrected chi connectivity index (χ2v) is 9.04. The van der Waals surface area contributed by atoms with Gasteiger partial charge < -0.3 is 4.90 Å². The highest BCUT2D eigenvalue weighted by Gasteiger charge is 2.29. The Bertz CT molecular complexity index is 1340. The zero-order valence-corrected chi connectivity index (χ0v) is 18.6. The van der Waals surface area contributed by atoms with Crippen LogP contribution in [0.4, 0.5) is 0 Å². The molecule has 0 atom stereocenters. The number of amides is 1. The Morgan fingerprint density at radius 2 is 2.10 bits per heavy atom. The Balaban J connectivity index is 1.33. The number of aromatic amines is 1. The van der Waals surface area contributed by atoms with E-state index in [9.17, 15) is 9.59 Å². The quantitative estimate of drug-likeness (QED) is 0.520. The van der Waals surface area contributed by atoms with Crippen LogP contribution in [0, 0.1) is 20.8 Å². The third kappa shape index (κ3) is 3.38. The third-order valence-electron chi connectivity index (χ3n) is 5.87. The summed E-state index contributed by atoms with van der Waals surface area (Å²) in [5.41, 5.74) is 5.76. The molecule has 1 aliphatic heterocycles. The van der Waals surface area contributed by atoms with Gasteiger partial charge in [-0.05, 0) is 44.7 Å². The predicted molar refractivity (Wildman–Crippen MR) is 119 cm³/mol. The minimum absolute atomic E-state index is 0.0450. The summed E-state index contributed by atoms with van der Waals surface area (Å²) >= 11 is 1.62. The number of hydrogen-bond acceptors (Lipinski definition) is 5. The van der Waals surface area contributed by atoms with Gasteiger partial charge in [-0.1, -0.05) is 6.07 Å². The van der Waals surface area contributed by atoms with Gasteiger partial charge in [-0.25, -0.2) is 9.50 Å². The average molecular weight is 437 g/mol. The lowest BCUT2D eigenvalue weighted by Crippen LogP contribution is -2.26. The lowest BCUT2D eigenvalue weighted by atomic mass is 10.2. The van der Waals surface area contributed by atoms with Crippen molar-refractivity contribution in [3.8, 4) is 10.6 Å². The Morgan fingerprint density at radius 1 is 1.26 bits per heavy atom. The van der Waals surface area contributed by atoms with Crippen molar-refractivity contribution in [2.24, 2.45) is 0 Å². The molecule has 0 saturated heterocycles. The highest BCUT2D eigenvalue weighted by atomic mass is 32.1. The zero-order valence-electron chi connectivity index (χ0n) is 17.8. The van der Waals surface area contributed by atoms with Crippen molar-refractivity contribution in [1.29, 1.82) is 0 Å². The van der Waals surface area contributed by atoms with Crippen LogP contribution in [0.15, 0.2) is 28.4 Å². The fourth-order valence-corrected chi connectivity index (χ4v) is 5.03. The van der Waals surface area contributed by atoms with E-state index in [1.165, 1.54) is 4.52 Å². The van der Waals surface area contributed by atoms with Gasteiger partial charge in [0.1, 0.15) is 0 Å². The van der Waals surface area contributed by atoms with Crippen LogP contribution in [0.1, 0.15) is 41.1 Å². The van der Waals surface area contributed by atoms with E-state index >= 15 is 0 Å². The molecule has 0 aromatic carbocycles. The molecule has 5 rings (SSSR count). The molecule has 1 aliphatic rings. The monoisotopic (exact) mass is 436 g/mol. The first kappa shape index (κ1) is 19.7. The Labute approximate surface area is 183 Å². The van der Waals surface area contributed by atoms with Gasteiger partial charge in [-0.3, -0.25) is 19.4 Å². The lowest BCUT2D eigenvalue weighted by molar-refractivity contribution is -0.132. The van der Waals surface area contributed by atoms with Crippen LogP contribution in [0.2, 0.25) is 0 Å². The van der Waals surface area contributed by atoms with Gasteiger partial charge in [-0.15, -0.1) is 11.3 Å². The summed E-state index contributed by atoms with van der Waals surface area (Å²) in [5, 5.41) is 9.66. The molecule has 4 aromatic heterocycles. The maximum absolute atomic E-state index is 13.1. The first-order valence-electron chi connectivity index (χ1n) is 10.4. The molecule has 4 aromatic rings. The second-order valence-electron chi connectivity index (χ2n) is 8.09. The van der Waals surface area contributed by atoms with Crippen LogP contribution >= 0.6 is 11.3 Å². The highest BCUT2D eigenvalue weighted by Crippen LogP contribution is 2.29. The van der Waals surface area contributed by atoms with Crippen molar-refractivity contribution in [2.45, 2.75) is 53.2 Å². The van der Waals surface area contributed by atoms with Gasteiger partial charge in [0.2, 0.25) is 5.91 Å². The Morgan fingerprint density at radius 3 is 2.81 bits per heavy atom. The molecule has 0 aliphatic carbocycles. The highest BCUT2D eigenvalue weighted by molar-refractivity contribution is 7.13. The minimum atomic E-state index is -0.121. The van der Waals surface area contributed by atoms with E-state index in [-0.39, 0.29) is 11.5 Å². The van der Waals surface area contributed by atoms with E-state index in [4.69, 9.17) is 4.98 Å². The lowest BCUT2D eigenvalue weighted by Gasteiger charge is -2.14. The maximum atomic E-state index is 13.1. The molecule has 0 radical (unpaired) electrons. The van der Waals surface area contributed by atoms with E-state index in [0.29, 0.717) is 49.4 Å². The summed E-state index contributed by atoms with van der Waals surface area (Å²) in [6.45, 7) is 7.37. The van der Waals surface area contributed by atoms with Gasteiger partial charge in [0.15, 0.2) is 5.65 Å². The molecule has 5 heterocycles. The average Bonchev–Trinajstić information content (AvgIpc) is 3.50. The number of carbonyl (C=O) groups excluding carboxylic acids is 1. The molecule has 160 valence electrons. The van der Waals surface area contributed by atoms with Crippen LogP contribution in [0.3, 0.4) is 0 Å². The van der Waals surface area contributed by atoms with Gasteiger partial charge in [0.25, 0.3) is 5.56 Å². The molecular formula is C22H24N6O2S. The first-order valence-corrected chi connectivity index (χ1v) is 11.3. The number of thiophene rings is 1. The molecule has 0 fully saturated rings. The van der Waals surface area contributed by atoms with E-state index in [1.807, 2.05) is 49.0 Å². The molecule has 31 heavy (non-hydrogen) atoms. The SMILES string of the molecule is Cc1cc(C)n(CCCC(=O)N2Cc3nc4c(C)c(-c5cccs5)[nH]n4c(=O)c3C2)n1. The van der Waals surface area contributed by atoms with Gasteiger partial charge >= 0.3 is 0 Å². The van der Waals surface area contributed by atoms with E-state index in [2.05, 4.69) is 10.2 Å². The number of carbonyl (C=O) groups is 1. The summed E-state index contributed by atoms with van der Waals surface area (Å²) in [5.74, 6) is 0.0450. The number of nitrogens with one attached hydrogen (secondary N) is 1. The standard InChI is InChI=1S/C22H24N6O2S/c1-13-10-14(2)27(24-13)8-4-7-19(29)26-11-16-17(12-26)23-21-15(3)20(18-6-5-9-31-18)25-28(21)22(16)30/h5-6,9-10,25H,4,7-8,11-12H2,1-3H3. The van der Waals surface area contributed by atoms with Crippen molar-refractivity contribution < 1.29 is 4.79 Å².